The van der Waals surface area contributed by atoms with Gasteiger partial charge in [0, 0.05) is 63.7 Å². The van der Waals surface area contributed by atoms with Crippen LogP contribution in [0.15, 0.2) is 12.4 Å². The fourth-order valence-electron chi connectivity index (χ4n) is 3.26. The summed E-state index contributed by atoms with van der Waals surface area (Å²) in [6, 6.07) is 0.458. The first-order valence-electron chi connectivity index (χ1n) is 8.50. The second kappa shape index (κ2) is 7.57. The Bertz CT molecular complexity index is 452. The number of aliphatic hydroxyl groups is 1. The van der Waals surface area contributed by atoms with Crippen molar-refractivity contribution in [2.45, 2.75) is 53.2 Å². The molecule has 1 N–H and O–H groups in total. The van der Waals surface area contributed by atoms with E-state index in [-0.39, 0.29) is 6.61 Å². The Kier molecular flexibility index (Phi) is 6.01. The lowest BCUT2D eigenvalue weighted by Crippen LogP contribution is -2.54. The number of aryl methyl sites for hydroxylation is 1. The van der Waals surface area contributed by atoms with Gasteiger partial charge in [-0.1, -0.05) is 20.8 Å². The predicted molar refractivity (Wildman–Crippen MR) is 89.7 cm³/mol. The maximum absolute atomic E-state index is 9.39. The van der Waals surface area contributed by atoms with Gasteiger partial charge in [-0.05, 0) is 18.8 Å². The highest BCUT2D eigenvalue weighted by Crippen LogP contribution is 2.22. The van der Waals surface area contributed by atoms with Gasteiger partial charge in [-0.3, -0.25) is 14.5 Å². The van der Waals surface area contributed by atoms with Gasteiger partial charge in [0.05, 0.1) is 6.20 Å². The lowest BCUT2D eigenvalue weighted by atomic mass is 9.94. The Morgan fingerprint density at radius 3 is 2.68 bits per heavy atom. The molecule has 22 heavy (non-hydrogen) atoms. The van der Waals surface area contributed by atoms with Crippen LogP contribution in [0.2, 0.25) is 0 Å². The van der Waals surface area contributed by atoms with Crippen LogP contribution in [-0.4, -0.2) is 63.5 Å². The quantitative estimate of drug-likeness (QED) is 0.871. The van der Waals surface area contributed by atoms with E-state index < -0.39 is 0 Å². The van der Waals surface area contributed by atoms with Gasteiger partial charge in [-0.25, -0.2) is 0 Å². The molecule has 5 heteroatoms. The van der Waals surface area contributed by atoms with Crippen LogP contribution >= 0.6 is 0 Å². The third-order valence-electron chi connectivity index (χ3n) is 4.25. The smallest absolute Gasteiger partial charge is 0.0534 e. The Morgan fingerprint density at radius 1 is 1.32 bits per heavy atom. The van der Waals surface area contributed by atoms with E-state index in [9.17, 15) is 5.11 Å². The summed E-state index contributed by atoms with van der Waals surface area (Å²) in [5, 5.41) is 13.7. The molecule has 1 aromatic rings. The minimum atomic E-state index is 0.271. The molecule has 5 nitrogen and oxygen atoms in total. The van der Waals surface area contributed by atoms with Crippen LogP contribution in [0.1, 0.15) is 39.7 Å². The van der Waals surface area contributed by atoms with Gasteiger partial charge in [0.2, 0.25) is 0 Å². The highest BCUT2D eigenvalue weighted by atomic mass is 16.3. The van der Waals surface area contributed by atoms with Crippen LogP contribution in [0.25, 0.3) is 0 Å². The normalized spacial score (nSPS) is 21.4. The summed E-state index contributed by atoms with van der Waals surface area (Å²) in [7, 11) is 0. The molecule has 0 radical (unpaired) electrons. The van der Waals surface area contributed by atoms with Crippen LogP contribution in [0.3, 0.4) is 0 Å². The van der Waals surface area contributed by atoms with Gasteiger partial charge in [-0.15, -0.1) is 0 Å². The first-order chi connectivity index (χ1) is 10.4. The molecule has 1 fully saturated rings. The van der Waals surface area contributed by atoms with E-state index in [1.54, 1.807) is 0 Å². The van der Waals surface area contributed by atoms with E-state index >= 15 is 0 Å². The molecular weight excluding hydrogens is 276 g/mol. The molecule has 2 rings (SSSR count). The first-order valence-corrected chi connectivity index (χ1v) is 8.50. The summed E-state index contributed by atoms with van der Waals surface area (Å²) in [6.07, 6.45) is 4.98. The van der Waals surface area contributed by atoms with Crippen molar-refractivity contribution in [2.24, 2.45) is 5.41 Å². The fourth-order valence-corrected chi connectivity index (χ4v) is 3.26. The lowest BCUT2D eigenvalue weighted by Gasteiger charge is -2.43. The van der Waals surface area contributed by atoms with Gasteiger partial charge in [0.1, 0.15) is 0 Å². The molecule has 126 valence electrons. The van der Waals surface area contributed by atoms with E-state index in [4.69, 9.17) is 0 Å². The lowest BCUT2D eigenvalue weighted by molar-refractivity contribution is 0.0340. The van der Waals surface area contributed by atoms with Crippen molar-refractivity contribution in [3.8, 4) is 0 Å². The molecule has 1 aromatic heterocycles. The molecule has 1 aliphatic rings. The topological polar surface area (TPSA) is 44.5 Å². The van der Waals surface area contributed by atoms with Crippen LogP contribution < -0.4 is 0 Å². The number of hydrogen-bond acceptors (Lipinski definition) is 4. The zero-order valence-corrected chi connectivity index (χ0v) is 14.6. The second-order valence-corrected chi connectivity index (χ2v) is 7.64. The molecule has 1 aliphatic heterocycles. The largest absolute Gasteiger partial charge is 0.396 e. The molecule has 0 bridgehead atoms. The highest BCUT2D eigenvalue weighted by molar-refractivity contribution is 5.04. The zero-order valence-electron chi connectivity index (χ0n) is 14.6. The molecule has 0 aromatic carbocycles. The molecule has 1 unspecified atom stereocenters. The summed E-state index contributed by atoms with van der Waals surface area (Å²) in [6.45, 7) is 15.4. The fraction of sp³-hybridized carbons (Fsp3) is 0.824. The van der Waals surface area contributed by atoms with E-state index in [0.29, 0.717) is 11.5 Å². The third kappa shape index (κ3) is 5.07. The van der Waals surface area contributed by atoms with Gasteiger partial charge in [0.25, 0.3) is 0 Å². The standard InChI is InChI=1S/C17H32N4O/c1-5-21-12-15(10-18-21)11-19-7-8-20(14-17(2,3)4)16(13-19)6-9-22/h10,12,16,22H,5-9,11,13-14H2,1-4H3. The maximum Gasteiger partial charge on any atom is 0.0534 e. The summed E-state index contributed by atoms with van der Waals surface area (Å²) in [5.41, 5.74) is 1.59. The van der Waals surface area contributed by atoms with Crippen molar-refractivity contribution >= 4 is 0 Å². The van der Waals surface area contributed by atoms with Gasteiger partial charge in [-0.2, -0.15) is 5.10 Å². The van der Waals surface area contributed by atoms with Crippen molar-refractivity contribution in [1.29, 1.82) is 0 Å². The number of rotatable bonds is 6. The Morgan fingerprint density at radius 2 is 2.09 bits per heavy atom. The monoisotopic (exact) mass is 308 g/mol. The molecule has 0 aliphatic carbocycles. The molecule has 1 atom stereocenters. The molecule has 0 spiro atoms. The van der Waals surface area contributed by atoms with Crippen molar-refractivity contribution in [3.05, 3.63) is 18.0 Å². The van der Waals surface area contributed by atoms with E-state index in [1.807, 2.05) is 10.9 Å². The number of nitrogens with zero attached hydrogens (tertiary/aromatic N) is 4. The van der Waals surface area contributed by atoms with Crippen LogP contribution in [0.4, 0.5) is 0 Å². The number of aliphatic hydroxyl groups excluding tert-OH is 1. The van der Waals surface area contributed by atoms with Gasteiger partial charge < -0.3 is 5.11 Å². The van der Waals surface area contributed by atoms with Crippen LogP contribution in [0.5, 0.6) is 0 Å². The molecular formula is C17H32N4O. The average molecular weight is 308 g/mol. The molecule has 0 saturated carbocycles. The van der Waals surface area contributed by atoms with E-state index in [1.165, 1.54) is 5.56 Å². The maximum atomic E-state index is 9.39. The third-order valence-corrected chi connectivity index (χ3v) is 4.25. The van der Waals surface area contributed by atoms with Crippen molar-refractivity contribution in [2.75, 3.05) is 32.8 Å². The highest BCUT2D eigenvalue weighted by Gasteiger charge is 2.29. The summed E-state index contributed by atoms with van der Waals surface area (Å²) in [5.74, 6) is 0. The van der Waals surface area contributed by atoms with Crippen molar-refractivity contribution < 1.29 is 5.11 Å². The molecule has 2 heterocycles. The van der Waals surface area contributed by atoms with Crippen molar-refractivity contribution in [3.63, 3.8) is 0 Å². The average Bonchev–Trinajstić information content (AvgIpc) is 2.88. The zero-order chi connectivity index (χ0) is 16.2. The minimum absolute atomic E-state index is 0.271. The van der Waals surface area contributed by atoms with Gasteiger partial charge >= 0.3 is 0 Å². The Hall–Kier alpha value is -0.910. The Balaban J connectivity index is 1.93. The first kappa shape index (κ1) is 17.4. The second-order valence-electron chi connectivity index (χ2n) is 7.64. The van der Waals surface area contributed by atoms with Crippen LogP contribution in [-0.2, 0) is 13.1 Å². The Labute approximate surface area is 134 Å². The SMILES string of the molecule is CCn1cc(CN2CCN(CC(C)(C)C)C(CCO)C2)cn1. The van der Waals surface area contributed by atoms with Crippen molar-refractivity contribution in [1.82, 2.24) is 19.6 Å². The number of aromatic nitrogens is 2. The predicted octanol–water partition coefficient (Wildman–Crippen LogP) is 1.82. The number of hydrogen-bond donors (Lipinski definition) is 1. The minimum Gasteiger partial charge on any atom is -0.396 e. The molecule has 1 saturated heterocycles. The van der Waals surface area contributed by atoms with E-state index in [2.05, 4.69) is 48.8 Å². The van der Waals surface area contributed by atoms with E-state index in [0.717, 1.165) is 45.7 Å². The van der Waals surface area contributed by atoms with Gasteiger partial charge in [0.15, 0.2) is 0 Å². The molecule has 0 amide bonds. The number of piperazine rings is 1. The summed E-state index contributed by atoms with van der Waals surface area (Å²) in [4.78, 5) is 5.05. The summed E-state index contributed by atoms with van der Waals surface area (Å²) < 4.78 is 1.98. The van der Waals surface area contributed by atoms with Crippen LogP contribution in [0, 0.1) is 5.41 Å². The summed E-state index contributed by atoms with van der Waals surface area (Å²) >= 11 is 0.